The minimum absolute atomic E-state index is 0.598. The average Bonchev–Trinajstić information content (AvgIpc) is 3.04. The van der Waals surface area contributed by atoms with Crippen LogP contribution in [0.3, 0.4) is 0 Å². The van der Waals surface area contributed by atoms with Crippen LogP contribution in [-0.2, 0) is 12.8 Å². The van der Waals surface area contributed by atoms with E-state index in [-0.39, 0.29) is 0 Å². The van der Waals surface area contributed by atoms with Crippen molar-refractivity contribution in [3.8, 4) is 0 Å². The number of halogens is 1. The molecule has 6 nitrogen and oxygen atoms in total. The molecule has 3 N–H and O–H groups in total. The Morgan fingerprint density at radius 1 is 1.30 bits per heavy atom. The maximum atomic E-state index is 6.68. The SMILES string of the molecule is CCc1[nH]c2nc(Cc3cccnc3)nc(N3CCC(CN)CC3)c2c1Cl. The molecule has 0 amide bonds. The van der Waals surface area contributed by atoms with Gasteiger partial charge in [0, 0.05) is 37.6 Å². The van der Waals surface area contributed by atoms with Gasteiger partial charge in [0.05, 0.1) is 10.4 Å². The zero-order chi connectivity index (χ0) is 18.8. The summed E-state index contributed by atoms with van der Waals surface area (Å²) < 4.78 is 0. The van der Waals surface area contributed by atoms with Gasteiger partial charge in [-0.15, -0.1) is 0 Å². The number of hydrogen-bond acceptors (Lipinski definition) is 5. The Kier molecular flexibility index (Phi) is 5.27. The molecule has 3 aromatic heterocycles. The highest BCUT2D eigenvalue weighted by atomic mass is 35.5. The first-order chi connectivity index (χ1) is 13.2. The molecule has 3 aromatic rings. The van der Waals surface area contributed by atoms with Crippen molar-refractivity contribution in [2.75, 3.05) is 24.5 Å². The van der Waals surface area contributed by atoms with Crippen molar-refractivity contribution in [1.29, 1.82) is 0 Å². The van der Waals surface area contributed by atoms with Crippen LogP contribution in [0.25, 0.3) is 11.0 Å². The molecule has 1 saturated heterocycles. The van der Waals surface area contributed by atoms with Gasteiger partial charge in [-0.3, -0.25) is 4.98 Å². The second kappa shape index (κ2) is 7.82. The lowest BCUT2D eigenvalue weighted by molar-refractivity contribution is 0.413. The second-order valence-corrected chi connectivity index (χ2v) is 7.54. The summed E-state index contributed by atoms with van der Waals surface area (Å²) in [4.78, 5) is 19.6. The number of piperidine rings is 1. The van der Waals surface area contributed by atoms with Crippen LogP contribution in [0.5, 0.6) is 0 Å². The number of rotatable bonds is 5. The van der Waals surface area contributed by atoms with Crippen LogP contribution in [0.1, 0.15) is 36.8 Å². The summed E-state index contributed by atoms with van der Waals surface area (Å²) in [5.41, 5.74) is 8.79. The van der Waals surface area contributed by atoms with Crippen molar-refractivity contribution in [2.24, 2.45) is 11.7 Å². The van der Waals surface area contributed by atoms with Crippen molar-refractivity contribution >= 4 is 28.5 Å². The molecular weight excluding hydrogens is 360 g/mol. The van der Waals surface area contributed by atoms with E-state index >= 15 is 0 Å². The van der Waals surface area contributed by atoms with Gasteiger partial charge in [0.1, 0.15) is 17.3 Å². The maximum Gasteiger partial charge on any atom is 0.144 e. The highest BCUT2D eigenvalue weighted by Gasteiger charge is 2.24. The molecule has 0 aliphatic carbocycles. The lowest BCUT2D eigenvalue weighted by Crippen LogP contribution is -2.36. The summed E-state index contributed by atoms with van der Waals surface area (Å²) >= 11 is 6.68. The van der Waals surface area contributed by atoms with Crippen LogP contribution in [-0.4, -0.2) is 39.6 Å². The Morgan fingerprint density at radius 3 is 2.78 bits per heavy atom. The largest absolute Gasteiger partial charge is 0.356 e. The number of anilines is 1. The van der Waals surface area contributed by atoms with Gasteiger partial charge in [-0.2, -0.15) is 0 Å². The molecule has 0 aromatic carbocycles. The minimum atomic E-state index is 0.598. The number of nitrogens with two attached hydrogens (primary N) is 1. The van der Waals surface area contributed by atoms with Crippen LogP contribution in [0.15, 0.2) is 24.5 Å². The van der Waals surface area contributed by atoms with Crippen LogP contribution < -0.4 is 10.6 Å². The van der Waals surface area contributed by atoms with E-state index in [1.54, 1.807) is 6.20 Å². The maximum absolute atomic E-state index is 6.68. The number of fused-ring (bicyclic) bond motifs is 1. The van der Waals surface area contributed by atoms with E-state index < -0.39 is 0 Å². The number of aryl methyl sites for hydroxylation is 1. The molecule has 7 heteroatoms. The second-order valence-electron chi connectivity index (χ2n) is 7.16. The normalized spacial score (nSPS) is 15.6. The van der Waals surface area contributed by atoms with E-state index in [1.807, 2.05) is 18.3 Å². The molecule has 1 aliphatic rings. The van der Waals surface area contributed by atoms with Gasteiger partial charge < -0.3 is 15.6 Å². The van der Waals surface area contributed by atoms with E-state index in [4.69, 9.17) is 27.3 Å². The van der Waals surface area contributed by atoms with Crippen LogP contribution in [0, 0.1) is 5.92 Å². The topological polar surface area (TPSA) is 83.7 Å². The molecule has 0 spiro atoms. The van der Waals surface area contributed by atoms with Crippen LogP contribution in [0.4, 0.5) is 5.82 Å². The van der Waals surface area contributed by atoms with Gasteiger partial charge in [-0.1, -0.05) is 24.6 Å². The quantitative estimate of drug-likeness (QED) is 0.704. The molecule has 142 valence electrons. The predicted molar refractivity (Wildman–Crippen MR) is 109 cm³/mol. The van der Waals surface area contributed by atoms with Crippen molar-refractivity contribution in [1.82, 2.24) is 19.9 Å². The summed E-state index contributed by atoms with van der Waals surface area (Å²) in [5, 5.41) is 1.69. The Labute approximate surface area is 164 Å². The van der Waals surface area contributed by atoms with Gasteiger partial charge in [-0.05, 0) is 43.4 Å². The lowest BCUT2D eigenvalue weighted by atomic mass is 9.97. The monoisotopic (exact) mass is 384 g/mol. The first kappa shape index (κ1) is 18.2. The third kappa shape index (κ3) is 3.64. The number of nitrogens with one attached hydrogen (secondary N) is 1. The molecule has 4 heterocycles. The Balaban J connectivity index is 1.75. The molecule has 1 aliphatic heterocycles. The molecule has 0 saturated carbocycles. The molecule has 0 bridgehead atoms. The minimum Gasteiger partial charge on any atom is -0.356 e. The number of hydrogen-bond donors (Lipinski definition) is 2. The first-order valence-electron chi connectivity index (χ1n) is 9.60. The van der Waals surface area contributed by atoms with Crippen molar-refractivity contribution in [3.05, 3.63) is 46.6 Å². The molecule has 0 unspecified atom stereocenters. The Bertz CT molecular complexity index is 915. The van der Waals surface area contributed by atoms with E-state index in [2.05, 4.69) is 21.8 Å². The van der Waals surface area contributed by atoms with Gasteiger partial charge in [0.15, 0.2) is 0 Å². The highest BCUT2D eigenvalue weighted by Crippen LogP contribution is 2.35. The number of H-pyrrole nitrogens is 1. The number of nitrogens with zero attached hydrogens (tertiary/aromatic N) is 4. The predicted octanol–water partition coefficient (Wildman–Crippen LogP) is 3.33. The number of pyridine rings is 1. The molecule has 0 atom stereocenters. The summed E-state index contributed by atoms with van der Waals surface area (Å²) in [6.45, 7) is 4.74. The van der Waals surface area contributed by atoms with E-state index in [9.17, 15) is 0 Å². The van der Waals surface area contributed by atoms with Crippen LogP contribution >= 0.6 is 11.6 Å². The summed E-state index contributed by atoms with van der Waals surface area (Å²) in [7, 11) is 0. The molecule has 27 heavy (non-hydrogen) atoms. The fourth-order valence-electron chi connectivity index (χ4n) is 3.75. The summed E-state index contributed by atoms with van der Waals surface area (Å²) in [6.07, 6.45) is 7.29. The Morgan fingerprint density at radius 2 is 2.11 bits per heavy atom. The molecular formula is C20H25ClN6. The zero-order valence-corrected chi connectivity index (χ0v) is 16.3. The van der Waals surface area contributed by atoms with Crippen LogP contribution in [0.2, 0.25) is 5.02 Å². The van der Waals surface area contributed by atoms with Gasteiger partial charge in [-0.25, -0.2) is 9.97 Å². The fourth-order valence-corrected chi connectivity index (χ4v) is 4.11. The summed E-state index contributed by atoms with van der Waals surface area (Å²) in [6, 6.07) is 3.99. The average molecular weight is 385 g/mol. The smallest absolute Gasteiger partial charge is 0.144 e. The van der Waals surface area contributed by atoms with E-state index in [0.717, 1.165) is 77.9 Å². The van der Waals surface area contributed by atoms with Gasteiger partial charge in [0.25, 0.3) is 0 Å². The molecule has 0 radical (unpaired) electrons. The fraction of sp³-hybridized carbons (Fsp3) is 0.450. The number of aromatic amines is 1. The van der Waals surface area contributed by atoms with Gasteiger partial charge >= 0.3 is 0 Å². The Hall–Kier alpha value is -2.18. The molecule has 1 fully saturated rings. The van der Waals surface area contributed by atoms with E-state index in [1.165, 1.54) is 0 Å². The van der Waals surface area contributed by atoms with E-state index in [0.29, 0.717) is 12.3 Å². The van der Waals surface area contributed by atoms with Gasteiger partial charge in [0.2, 0.25) is 0 Å². The lowest BCUT2D eigenvalue weighted by Gasteiger charge is -2.32. The van der Waals surface area contributed by atoms with Crippen molar-refractivity contribution < 1.29 is 0 Å². The third-order valence-corrected chi connectivity index (χ3v) is 5.79. The molecule has 4 rings (SSSR count). The van der Waals surface area contributed by atoms with Crippen molar-refractivity contribution in [3.63, 3.8) is 0 Å². The first-order valence-corrected chi connectivity index (χ1v) is 9.98. The highest BCUT2D eigenvalue weighted by molar-refractivity contribution is 6.37. The standard InChI is InChI=1S/C20H25ClN6/c1-2-15-18(21)17-19(24-15)25-16(10-14-4-3-7-23-12-14)26-20(17)27-8-5-13(11-22)6-9-27/h3-4,7,12-13H,2,5-6,8-11,22H2,1H3,(H,24,25,26). The summed E-state index contributed by atoms with van der Waals surface area (Å²) in [5.74, 6) is 2.32. The van der Waals surface area contributed by atoms with Crippen molar-refractivity contribution in [2.45, 2.75) is 32.6 Å². The zero-order valence-electron chi connectivity index (χ0n) is 15.6. The number of aromatic nitrogens is 4. The third-order valence-electron chi connectivity index (χ3n) is 5.38.